The third-order valence-corrected chi connectivity index (χ3v) is 7.32. The van der Waals surface area contributed by atoms with E-state index in [1.165, 1.54) is 6.21 Å². The molecule has 6 nitrogen and oxygen atoms in total. The molecule has 0 radical (unpaired) electrons. The molecule has 0 unspecified atom stereocenters. The van der Waals surface area contributed by atoms with Gasteiger partial charge in [-0.05, 0) is 58.2 Å². The van der Waals surface area contributed by atoms with E-state index < -0.39 is 0 Å². The molecule has 1 saturated heterocycles. The van der Waals surface area contributed by atoms with Gasteiger partial charge in [-0.2, -0.15) is 10.1 Å². The number of imide groups is 1. The first-order valence-electron chi connectivity index (χ1n) is 8.79. The fourth-order valence-electron chi connectivity index (χ4n) is 5.33. The molecule has 3 fully saturated rings. The van der Waals surface area contributed by atoms with Crippen LogP contribution in [0.1, 0.15) is 18.4 Å². The number of nitrogens with zero attached hydrogens (tertiary/aromatic N) is 2. The molecule has 0 aromatic heterocycles. The normalized spacial score (nSPS) is 34.6. The average molecular weight is 415 g/mol. The van der Waals surface area contributed by atoms with Crippen molar-refractivity contribution in [3.63, 3.8) is 0 Å². The van der Waals surface area contributed by atoms with Crippen molar-refractivity contribution in [2.24, 2.45) is 34.2 Å². The van der Waals surface area contributed by atoms with Crippen LogP contribution in [-0.4, -0.2) is 29.8 Å². The number of ether oxygens (including phenoxy) is 2. The van der Waals surface area contributed by atoms with Crippen LogP contribution in [0.15, 0.2) is 33.9 Å². The van der Waals surface area contributed by atoms with Gasteiger partial charge in [-0.1, -0.05) is 12.2 Å². The highest BCUT2D eigenvalue weighted by atomic mass is 79.9. The van der Waals surface area contributed by atoms with Crippen molar-refractivity contribution in [3.8, 4) is 11.5 Å². The number of halogens is 1. The van der Waals surface area contributed by atoms with Crippen molar-refractivity contribution in [2.75, 3.05) is 6.79 Å². The molecule has 1 aromatic carbocycles. The maximum absolute atomic E-state index is 12.9. The van der Waals surface area contributed by atoms with Gasteiger partial charge in [0.15, 0.2) is 11.5 Å². The zero-order valence-corrected chi connectivity index (χ0v) is 15.3. The highest BCUT2D eigenvalue weighted by Gasteiger charge is 2.73. The minimum absolute atomic E-state index is 0.156. The minimum atomic E-state index is -0.225. The molecular formula is C19H15BrN2O4. The number of carbonyl (C=O) groups is 2. The van der Waals surface area contributed by atoms with Gasteiger partial charge in [0.2, 0.25) is 6.79 Å². The summed E-state index contributed by atoms with van der Waals surface area (Å²) >= 11 is 3.47. The molecule has 2 aliphatic heterocycles. The number of carbonyl (C=O) groups excluding carboxylic acids is 2. The molecule has 2 heterocycles. The monoisotopic (exact) mass is 414 g/mol. The summed E-state index contributed by atoms with van der Waals surface area (Å²) in [5, 5.41) is 5.32. The summed E-state index contributed by atoms with van der Waals surface area (Å²) in [5.41, 5.74) is 0.934. The summed E-state index contributed by atoms with van der Waals surface area (Å²) < 4.78 is 11.5. The molecular weight excluding hydrogens is 400 g/mol. The third-order valence-electron chi connectivity index (χ3n) is 6.63. The van der Waals surface area contributed by atoms with E-state index in [1.54, 1.807) is 12.1 Å². The number of allylic oxidation sites excluding steroid dienone is 2. The predicted octanol–water partition coefficient (Wildman–Crippen LogP) is 2.71. The number of benzene rings is 1. The smallest absolute Gasteiger partial charge is 0.254 e. The van der Waals surface area contributed by atoms with E-state index in [0.717, 1.165) is 27.9 Å². The van der Waals surface area contributed by atoms with Gasteiger partial charge in [0.25, 0.3) is 11.8 Å². The van der Waals surface area contributed by atoms with Crippen molar-refractivity contribution >= 4 is 34.0 Å². The molecule has 2 saturated carbocycles. The standard InChI is InChI=1S/C19H15BrN2O4/c20-12-6-14-13(25-8-26-14)5-9(12)7-21-22-17(23)15-10-1-2-11(16(15)18(22)24)19(10)3-4-19/h1-2,5-7,10-11,15-16H,3-4,8H2/b21-7-/t10-,11-,15-,16+/m1/s1. The van der Waals surface area contributed by atoms with E-state index in [1.807, 2.05) is 0 Å². The number of fused-ring (bicyclic) bond motifs is 4. The number of hydrogen-bond donors (Lipinski definition) is 0. The first-order valence-corrected chi connectivity index (χ1v) is 9.59. The first-order chi connectivity index (χ1) is 12.6. The Bertz CT molecular complexity index is 902. The van der Waals surface area contributed by atoms with E-state index in [2.05, 4.69) is 33.2 Å². The quantitative estimate of drug-likeness (QED) is 0.423. The van der Waals surface area contributed by atoms with Crippen molar-refractivity contribution < 1.29 is 19.1 Å². The van der Waals surface area contributed by atoms with Crippen molar-refractivity contribution in [1.82, 2.24) is 5.01 Å². The number of hydrazone groups is 1. The molecule has 7 heteroatoms. The predicted molar refractivity (Wildman–Crippen MR) is 94.5 cm³/mol. The van der Waals surface area contributed by atoms with Crippen LogP contribution in [0.2, 0.25) is 0 Å². The molecule has 2 amide bonds. The second-order valence-electron chi connectivity index (χ2n) is 7.68. The maximum atomic E-state index is 12.9. The average Bonchev–Trinajstić information content (AvgIpc) is 2.94. The minimum Gasteiger partial charge on any atom is -0.454 e. The summed E-state index contributed by atoms with van der Waals surface area (Å²) in [6.45, 7) is 0.187. The van der Waals surface area contributed by atoms with Gasteiger partial charge in [-0.15, -0.1) is 0 Å². The van der Waals surface area contributed by atoms with E-state index >= 15 is 0 Å². The SMILES string of the molecule is O=C1[C@@H]2[C@H](C(=O)N1/N=C\c1cc3c(cc1Br)OCO3)[C@H]1C=C[C@H]2C12CC2. The van der Waals surface area contributed by atoms with Crippen LogP contribution in [0.25, 0.3) is 0 Å². The zero-order chi connectivity index (χ0) is 17.6. The maximum Gasteiger partial charge on any atom is 0.254 e. The van der Waals surface area contributed by atoms with Crippen LogP contribution >= 0.6 is 15.9 Å². The third kappa shape index (κ3) is 1.70. The summed E-state index contributed by atoms with van der Waals surface area (Å²) in [4.78, 5) is 25.8. The van der Waals surface area contributed by atoms with E-state index in [-0.39, 0.29) is 47.7 Å². The van der Waals surface area contributed by atoms with Crippen LogP contribution in [0, 0.1) is 29.1 Å². The molecule has 26 heavy (non-hydrogen) atoms. The highest BCUT2D eigenvalue weighted by molar-refractivity contribution is 9.10. The van der Waals surface area contributed by atoms with Gasteiger partial charge < -0.3 is 9.47 Å². The van der Waals surface area contributed by atoms with E-state index in [9.17, 15) is 9.59 Å². The van der Waals surface area contributed by atoms with Gasteiger partial charge >= 0.3 is 0 Å². The van der Waals surface area contributed by atoms with Crippen LogP contribution < -0.4 is 9.47 Å². The zero-order valence-electron chi connectivity index (χ0n) is 13.7. The van der Waals surface area contributed by atoms with Gasteiger partial charge in [0, 0.05) is 10.0 Å². The lowest BCUT2D eigenvalue weighted by atomic mass is 9.85. The molecule has 3 aliphatic carbocycles. The summed E-state index contributed by atoms with van der Waals surface area (Å²) in [5.74, 6) is 0.956. The second kappa shape index (κ2) is 4.76. The number of hydrogen-bond acceptors (Lipinski definition) is 5. The van der Waals surface area contributed by atoms with E-state index in [4.69, 9.17) is 9.47 Å². The van der Waals surface area contributed by atoms with Crippen LogP contribution in [0.5, 0.6) is 11.5 Å². The lowest BCUT2D eigenvalue weighted by Gasteiger charge is -2.18. The molecule has 0 N–H and O–H groups in total. The van der Waals surface area contributed by atoms with E-state index in [0.29, 0.717) is 11.5 Å². The molecule has 2 bridgehead atoms. The van der Waals surface area contributed by atoms with Gasteiger partial charge in [0.1, 0.15) is 0 Å². The van der Waals surface area contributed by atoms with Gasteiger partial charge in [0.05, 0.1) is 18.1 Å². The Kier molecular flexibility index (Phi) is 2.74. The fourth-order valence-corrected chi connectivity index (χ4v) is 5.75. The topological polar surface area (TPSA) is 68.2 Å². The Morgan fingerprint density at radius 3 is 2.31 bits per heavy atom. The Hall–Kier alpha value is -2.15. The summed E-state index contributed by atoms with van der Waals surface area (Å²) in [7, 11) is 0. The second-order valence-corrected chi connectivity index (χ2v) is 8.54. The Labute approximate surface area is 157 Å². The van der Waals surface area contributed by atoms with Gasteiger partial charge in [-0.3, -0.25) is 9.59 Å². The largest absolute Gasteiger partial charge is 0.454 e. The lowest BCUT2D eigenvalue weighted by molar-refractivity contribution is -0.141. The first kappa shape index (κ1) is 15.0. The molecule has 132 valence electrons. The lowest BCUT2D eigenvalue weighted by Crippen LogP contribution is -2.30. The summed E-state index contributed by atoms with van der Waals surface area (Å²) in [6.07, 6.45) is 8.12. The number of amides is 2. The Morgan fingerprint density at radius 1 is 1.08 bits per heavy atom. The summed E-state index contributed by atoms with van der Waals surface area (Å²) in [6, 6.07) is 3.58. The van der Waals surface area contributed by atoms with Gasteiger partial charge in [-0.25, -0.2) is 0 Å². The fraction of sp³-hybridized carbons (Fsp3) is 0.421. The van der Waals surface area contributed by atoms with Crippen LogP contribution in [-0.2, 0) is 9.59 Å². The molecule has 1 spiro atoms. The molecule has 1 aromatic rings. The van der Waals surface area contributed by atoms with Crippen LogP contribution in [0.3, 0.4) is 0 Å². The highest BCUT2D eigenvalue weighted by Crippen LogP contribution is 2.73. The Morgan fingerprint density at radius 2 is 1.69 bits per heavy atom. The Balaban J connectivity index is 1.31. The molecule has 5 aliphatic rings. The van der Waals surface area contributed by atoms with Crippen molar-refractivity contribution in [1.29, 1.82) is 0 Å². The number of rotatable bonds is 2. The van der Waals surface area contributed by atoms with Crippen LogP contribution in [0.4, 0.5) is 0 Å². The molecule has 6 rings (SSSR count). The molecule has 4 atom stereocenters. The van der Waals surface area contributed by atoms with Crippen molar-refractivity contribution in [2.45, 2.75) is 12.8 Å². The van der Waals surface area contributed by atoms with Crippen molar-refractivity contribution in [3.05, 3.63) is 34.3 Å².